The maximum atomic E-state index is 12.7. The summed E-state index contributed by atoms with van der Waals surface area (Å²) in [4.78, 5) is 29.3. The van der Waals surface area contributed by atoms with Gasteiger partial charge in [-0.15, -0.1) is 0 Å². The van der Waals surface area contributed by atoms with Crippen molar-refractivity contribution in [3.63, 3.8) is 0 Å². The van der Waals surface area contributed by atoms with Crippen LogP contribution in [0.1, 0.15) is 31.8 Å². The molecule has 0 aliphatic carbocycles. The Morgan fingerprint density at radius 2 is 1.79 bits per heavy atom. The zero-order chi connectivity index (χ0) is 20.1. The molecule has 28 heavy (non-hydrogen) atoms. The molecular formula is C21H15ClN4O2. The predicted octanol–water partition coefficient (Wildman–Crippen LogP) is 4.42. The molecule has 2 aromatic carbocycles. The summed E-state index contributed by atoms with van der Waals surface area (Å²) in [6.45, 7) is 1.84. The number of rotatable bonds is 4. The van der Waals surface area contributed by atoms with Gasteiger partial charge in [-0.25, -0.2) is 4.98 Å². The normalized spacial score (nSPS) is 10.0. The Balaban J connectivity index is 1.86. The summed E-state index contributed by atoms with van der Waals surface area (Å²) in [7, 11) is 0. The number of nitrogens with zero attached hydrogens (tertiary/aromatic N) is 2. The summed E-state index contributed by atoms with van der Waals surface area (Å²) in [6, 6.07) is 16.6. The summed E-state index contributed by atoms with van der Waals surface area (Å²) in [5, 5.41) is 14.6. The number of pyridine rings is 1. The standard InChI is InChI=1S/C21H15ClN4O2/c1-13-4-9-18(25-20(27)15-7-5-14(12-23)6-8-15)16(11-13)21(28)26-19-17(22)3-2-10-24-19/h2-11H,1H3,(H,25,27)(H,24,26,28). The number of nitrogens with one attached hydrogen (secondary N) is 2. The van der Waals surface area contributed by atoms with E-state index in [0.717, 1.165) is 5.56 Å². The van der Waals surface area contributed by atoms with E-state index in [-0.39, 0.29) is 11.4 Å². The van der Waals surface area contributed by atoms with E-state index in [9.17, 15) is 9.59 Å². The smallest absolute Gasteiger partial charge is 0.258 e. The van der Waals surface area contributed by atoms with Crippen LogP contribution >= 0.6 is 11.6 Å². The quantitative estimate of drug-likeness (QED) is 0.689. The number of hydrogen-bond donors (Lipinski definition) is 2. The van der Waals surface area contributed by atoms with Gasteiger partial charge in [0, 0.05) is 11.8 Å². The van der Waals surface area contributed by atoms with Crippen molar-refractivity contribution < 1.29 is 9.59 Å². The molecule has 0 aliphatic heterocycles. The van der Waals surface area contributed by atoms with Gasteiger partial charge in [0.2, 0.25) is 0 Å². The average Bonchev–Trinajstić information content (AvgIpc) is 2.71. The first-order chi connectivity index (χ1) is 13.5. The Hall–Kier alpha value is -3.69. The number of carbonyl (C=O) groups is 2. The van der Waals surface area contributed by atoms with Crippen LogP contribution in [0.5, 0.6) is 0 Å². The molecule has 7 heteroatoms. The first-order valence-electron chi connectivity index (χ1n) is 8.32. The number of aryl methyl sites for hydroxylation is 1. The lowest BCUT2D eigenvalue weighted by Gasteiger charge is -2.13. The molecule has 3 aromatic rings. The van der Waals surface area contributed by atoms with Crippen molar-refractivity contribution in [2.45, 2.75) is 6.92 Å². The van der Waals surface area contributed by atoms with Crippen LogP contribution in [0, 0.1) is 18.3 Å². The second kappa shape index (κ2) is 8.33. The molecule has 0 saturated carbocycles. The molecular weight excluding hydrogens is 376 g/mol. The van der Waals surface area contributed by atoms with Crippen LogP contribution < -0.4 is 10.6 Å². The SMILES string of the molecule is Cc1ccc(NC(=O)c2ccc(C#N)cc2)c(C(=O)Nc2ncccc2Cl)c1. The van der Waals surface area contributed by atoms with Gasteiger partial charge < -0.3 is 10.6 Å². The van der Waals surface area contributed by atoms with Gasteiger partial charge in [-0.3, -0.25) is 9.59 Å². The molecule has 0 aliphatic rings. The van der Waals surface area contributed by atoms with Crippen LogP contribution in [0.4, 0.5) is 11.5 Å². The second-order valence-corrected chi connectivity index (χ2v) is 6.39. The van der Waals surface area contributed by atoms with Crippen molar-refractivity contribution in [2.75, 3.05) is 10.6 Å². The third-order valence-electron chi connectivity index (χ3n) is 3.93. The minimum absolute atomic E-state index is 0.236. The van der Waals surface area contributed by atoms with Gasteiger partial charge in [0.05, 0.1) is 27.9 Å². The molecule has 0 spiro atoms. The third kappa shape index (κ3) is 4.34. The van der Waals surface area contributed by atoms with E-state index in [2.05, 4.69) is 15.6 Å². The van der Waals surface area contributed by atoms with Crippen molar-refractivity contribution in [3.05, 3.63) is 88.1 Å². The monoisotopic (exact) mass is 390 g/mol. The van der Waals surface area contributed by atoms with Crippen molar-refractivity contribution in [1.82, 2.24) is 4.98 Å². The van der Waals surface area contributed by atoms with Gasteiger partial charge in [0.25, 0.3) is 11.8 Å². The van der Waals surface area contributed by atoms with Crippen molar-refractivity contribution in [3.8, 4) is 6.07 Å². The third-order valence-corrected chi connectivity index (χ3v) is 4.24. The lowest BCUT2D eigenvalue weighted by molar-refractivity contribution is 0.102. The molecule has 0 saturated heterocycles. The highest BCUT2D eigenvalue weighted by molar-refractivity contribution is 6.33. The van der Waals surface area contributed by atoms with Crippen LogP contribution in [0.15, 0.2) is 60.8 Å². The fourth-order valence-electron chi connectivity index (χ4n) is 2.50. The lowest BCUT2D eigenvalue weighted by atomic mass is 10.1. The molecule has 0 radical (unpaired) electrons. The molecule has 0 atom stereocenters. The summed E-state index contributed by atoms with van der Waals surface area (Å²) < 4.78 is 0. The number of aromatic nitrogens is 1. The number of nitriles is 1. The summed E-state index contributed by atoms with van der Waals surface area (Å²) in [6.07, 6.45) is 1.52. The summed E-state index contributed by atoms with van der Waals surface area (Å²) >= 11 is 6.05. The number of halogens is 1. The van der Waals surface area contributed by atoms with E-state index >= 15 is 0 Å². The van der Waals surface area contributed by atoms with Crippen molar-refractivity contribution in [1.29, 1.82) is 5.26 Å². The van der Waals surface area contributed by atoms with Gasteiger partial charge in [0.15, 0.2) is 5.82 Å². The van der Waals surface area contributed by atoms with Crippen LogP contribution in [0.25, 0.3) is 0 Å². The zero-order valence-electron chi connectivity index (χ0n) is 14.9. The van der Waals surface area contributed by atoms with Crippen molar-refractivity contribution in [2.24, 2.45) is 0 Å². The van der Waals surface area contributed by atoms with E-state index in [0.29, 0.717) is 21.8 Å². The van der Waals surface area contributed by atoms with E-state index in [1.807, 2.05) is 13.0 Å². The number of amides is 2. The predicted molar refractivity (Wildman–Crippen MR) is 107 cm³/mol. The Morgan fingerprint density at radius 1 is 1.04 bits per heavy atom. The molecule has 1 aromatic heterocycles. The Kier molecular flexibility index (Phi) is 5.68. The fourth-order valence-corrected chi connectivity index (χ4v) is 2.67. The number of benzene rings is 2. The first kappa shape index (κ1) is 19.1. The van der Waals surface area contributed by atoms with Crippen LogP contribution in [0.2, 0.25) is 5.02 Å². The lowest BCUT2D eigenvalue weighted by Crippen LogP contribution is -2.19. The van der Waals surface area contributed by atoms with Crippen LogP contribution in [0.3, 0.4) is 0 Å². The van der Waals surface area contributed by atoms with Gasteiger partial charge in [-0.1, -0.05) is 23.2 Å². The van der Waals surface area contributed by atoms with E-state index in [4.69, 9.17) is 16.9 Å². The summed E-state index contributed by atoms with van der Waals surface area (Å²) in [5.41, 5.74) is 2.32. The maximum Gasteiger partial charge on any atom is 0.258 e. The van der Waals surface area contributed by atoms with E-state index < -0.39 is 11.8 Å². The second-order valence-electron chi connectivity index (χ2n) is 5.98. The topological polar surface area (TPSA) is 94.9 Å². The molecule has 0 bridgehead atoms. The number of carbonyl (C=O) groups excluding carboxylic acids is 2. The molecule has 6 nitrogen and oxygen atoms in total. The van der Waals surface area contributed by atoms with Gasteiger partial charge in [0.1, 0.15) is 0 Å². The molecule has 2 amide bonds. The Bertz CT molecular complexity index is 1090. The Morgan fingerprint density at radius 3 is 2.46 bits per heavy atom. The maximum absolute atomic E-state index is 12.7. The first-order valence-corrected chi connectivity index (χ1v) is 8.70. The number of anilines is 2. The highest BCUT2D eigenvalue weighted by atomic mass is 35.5. The number of hydrogen-bond acceptors (Lipinski definition) is 4. The highest BCUT2D eigenvalue weighted by Gasteiger charge is 2.16. The molecule has 0 unspecified atom stereocenters. The van der Waals surface area contributed by atoms with Crippen LogP contribution in [-0.2, 0) is 0 Å². The zero-order valence-corrected chi connectivity index (χ0v) is 15.6. The minimum Gasteiger partial charge on any atom is -0.321 e. The van der Waals surface area contributed by atoms with E-state index in [1.54, 1.807) is 54.6 Å². The van der Waals surface area contributed by atoms with Crippen LogP contribution in [-0.4, -0.2) is 16.8 Å². The molecule has 1 heterocycles. The minimum atomic E-state index is -0.445. The average molecular weight is 391 g/mol. The van der Waals surface area contributed by atoms with Gasteiger partial charge in [-0.05, 0) is 55.5 Å². The molecule has 3 rings (SSSR count). The van der Waals surface area contributed by atoms with E-state index in [1.165, 1.54) is 6.20 Å². The Labute approximate surface area is 166 Å². The van der Waals surface area contributed by atoms with Gasteiger partial charge in [-0.2, -0.15) is 5.26 Å². The fraction of sp³-hybridized carbons (Fsp3) is 0.0476. The van der Waals surface area contributed by atoms with Gasteiger partial charge >= 0.3 is 0 Å². The molecule has 2 N–H and O–H groups in total. The summed E-state index contributed by atoms with van der Waals surface area (Å²) in [5.74, 6) is -0.599. The van der Waals surface area contributed by atoms with Crippen molar-refractivity contribution >= 4 is 34.9 Å². The molecule has 0 fully saturated rings. The molecule has 138 valence electrons. The highest BCUT2D eigenvalue weighted by Crippen LogP contribution is 2.22. The largest absolute Gasteiger partial charge is 0.321 e.